The molecule has 1 aliphatic heterocycles. The molecule has 1 unspecified atom stereocenters. The standard InChI is InChI=1S/C10H19NO2/c1-10(2,3)9(13)7-5-6-8(12)11(7)4/h7-8,12H,5-6H2,1-4H3/t7-,8?/m1/s1. The van der Waals surface area contributed by atoms with Gasteiger partial charge in [0.2, 0.25) is 0 Å². The SMILES string of the molecule is CN1C(O)CC[C@@H]1C(=O)C(C)(C)C. The van der Waals surface area contributed by atoms with Gasteiger partial charge in [-0.25, -0.2) is 0 Å². The zero-order chi connectivity index (χ0) is 10.2. The maximum absolute atomic E-state index is 11.9. The molecule has 0 saturated carbocycles. The minimum atomic E-state index is -0.434. The van der Waals surface area contributed by atoms with Crippen molar-refractivity contribution in [3.05, 3.63) is 0 Å². The number of ketones is 1. The molecule has 1 fully saturated rings. The Labute approximate surface area is 79.7 Å². The Balaban J connectivity index is 2.69. The summed E-state index contributed by atoms with van der Waals surface area (Å²) in [4.78, 5) is 13.6. The molecule has 1 N–H and O–H groups in total. The molecule has 0 aromatic rings. The Morgan fingerprint density at radius 1 is 1.38 bits per heavy atom. The van der Waals surface area contributed by atoms with E-state index < -0.39 is 6.23 Å². The van der Waals surface area contributed by atoms with Crippen LogP contribution >= 0.6 is 0 Å². The number of aliphatic hydroxyl groups excluding tert-OH is 1. The van der Waals surface area contributed by atoms with Gasteiger partial charge < -0.3 is 5.11 Å². The first-order valence-electron chi connectivity index (χ1n) is 4.78. The summed E-state index contributed by atoms with van der Waals surface area (Å²) in [5.41, 5.74) is -0.303. The molecule has 0 radical (unpaired) electrons. The van der Waals surface area contributed by atoms with Crippen molar-refractivity contribution in [2.24, 2.45) is 5.41 Å². The van der Waals surface area contributed by atoms with Gasteiger partial charge in [0.05, 0.1) is 6.04 Å². The third-order valence-electron chi connectivity index (χ3n) is 2.70. The highest BCUT2D eigenvalue weighted by atomic mass is 16.3. The molecule has 0 aliphatic carbocycles. The fourth-order valence-corrected chi connectivity index (χ4v) is 1.74. The normalized spacial score (nSPS) is 30.8. The average Bonchev–Trinajstić information content (AvgIpc) is 2.30. The number of aliphatic hydroxyl groups is 1. The molecular weight excluding hydrogens is 166 g/mol. The molecule has 0 aromatic heterocycles. The molecule has 0 amide bonds. The number of likely N-dealkylation sites (tertiary alicyclic amines) is 1. The largest absolute Gasteiger partial charge is 0.378 e. The van der Waals surface area contributed by atoms with E-state index in [1.54, 1.807) is 4.90 Å². The highest BCUT2D eigenvalue weighted by molar-refractivity contribution is 5.88. The van der Waals surface area contributed by atoms with E-state index >= 15 is 0 Å². The van der Waals surface area contributed by atoms with E-state index in [2.05, 4.69) is 0 Å². The summed E-state index contributed by atoms with van der Waals surface area (Å²) in [6, 6.07) is -0.0880. The van der Waals surface area contributed by atoms with Crippen molar-refractivity contribution < 1.29 is 9.90 Å². The number of Topliss-reactive ketones (excluding diaryl/α,β-unsaturated/α-hetero) is 1. The maximum atomic E-state index is 11.9. The van der Waals surface area contributed by atoms with E-state index in [1.807, 2.05) is 27.8 Å². The van der Waals surface area contributed by atoms with Crippen molar-refractivity contribution in [1.29, 1.82) is 0 Å². The summed E-state index contributed by atoms with van der Waals surface area (Å²) < 4.78 is 0. The molecule has 1 rings (SSSR count). The second-order valence-corrected chi connectivity index (χ2v) is 4.85. The molecule has 0 aromatic carbocycles. The molecule has 3 nitrogen and oxygen atoms in total. The van der Waals surface area contributed by atoms with Gasteiger partial charge in [-0.3, -0.25) is 9.69 Å². The smallest absolute Gasteiger partial charge is 0.155 e. The van der Waals surface area contributed by atoms with Gasteiger partial charge in [-0.15, -0.1) is 0 Å². The lowest BCUT2D eigenvalue weighted by Gasteiger charge is -2.27. The summed E-state index contributed by atoms with van der Waals surface area (Å²) in [6.07, 6.45) is 1.06. The Morgan fingerprint density at radius 3 is 2.23 bits per heavy atom. The maximum Gasteiger partial charge on any atom is 0.155 e. The number of hydrogen-bond donors (Lipinski definition) is 1. The van der Waals surface area contributed by atoms with E-state index in [9.17, 15) is 9.90 Å². The molecule has 1 aliphatic rings. The minimum Gasteiger partial charge on any atom is -0.378 e. The van der Waals surface area contributed by atoms with Crippen LogP contribution in [0.5, 0.6) is 0 Å². The second-order valence-electron chi connectivity index (χ2n) is 4.85. The van der Waals surface area contributed by atoms with Crippen molar-refractivity contribution in [1.82, 2.24) is 4.90 Å². The summed E-state index contributed by atoms with van der Waals surface area (Å²) in [5.74, 6) is 0.228. The fourth-order valence-electron chi connectivity index (χ4n) is 1.74. The van der Waals surface area contributed by atoms with Crippen LogP contribution in [0.4, 0.5) is 0 Å². The van der Waals surface area contributed by atoms with Gasteiger partial charge in [-0.2, -0.15) is 0 Å². The zero-order valence-corrected chi connectivity index (χ0v) is 8.87. The van der Waals surface area contributed by atoms with Crippen LogP contribution in [0.15, 0.2) is 0 Å². The van der Waals surface area contributed by atoms with Gasteiger partial charge in [-0.1, -0.05) is 20.8 Å². The number of carbonyl (C=O) groups excluding carboxylic acids is 1. The Bertz CT molecular complexity index is 207. The van der Waals surface area contributed by atoms with Crippen molar-refractivity contribution in [2.45, 2.75) is 45.9 Å². The third-order valence-corrected chi connectivity index (χ3v) is 2.70. The van der Waals surface area contributed by atoms with Crippen molar-refractivity contribution in [3.8, 4) is 0 Å². The van der Waals surface area contributed by atoms with Gasteiger partial charge >= 0.3 is 0 Å². The lowest BCUT2D eigenvalue weighted by atomic mass is 9.86. The van der Waals surface area contributed by atoms with E-state index in [4.69, 9.17) is 0 Å². The van der Waals surface area contributed by atoms with Gasteiger partial charge in [-0.05, 0) is 19.9 Å². The molecule has 1 saturated heterocycles. The Morgan fingerprint density at radius 2 is 1.92 bits per heavy atom. The molecule has 0 spiro atoms. The highest BCUT2D eigenvalue weighted by Gasteiger charge is 2.38. The van der Waals surface area contributed by atoms with E-state index in [0.717, 1.165) is 6.42 Å². The van der Waals surface area contributed by atoms with E-state index in [-0.39, 0.29) is 17.2 Å². The first-order chi connectivity index (χ1) is 5.84. The monoisotopic (exact) mass is 185 g/mol. The summed E-state index contributed by atoms with van der Waals surface area (Å²) in [7, 11) is 1.81. The predicted octanol–water partition coefficient (Wildman–Crippen LogP) is 1.01. The van der Waals surface area contributed by atoms with Crippen LogP contribution in [0.1, 0.15) is 33.6 Å². The quantitative estimate of drug-likeness (QED) is 0.663. The third kappa shape index (κ3) is 2.09. The van der Waals surface area contributed by atoms with Gasteiger partial charge in [0, 0.05) is 5.41 Å². The molecule has 1 heterocycles. The molecule has 2 atom stereocenters. The number of hydrogen-bond acceptors (Lipinski definition) is 3. The first kappa shape index (κ1) is 10.7. The number of carbonyl (C=O) groups is 1. The van der Waals surface area contributed by atoms with Crippen LogP contribution in [0, 0.1) is 5.41 Å². The van der Waals surface area contributed by atoms with Crippen LogP contribution in [-0.4, -0.2) is 35.1 Å². The second kappa shape index (κ2) is 3.39. The van der Waals surface area contributed by atoms with Crippen LogP contribution in [0.3, 0.4) is 0 Å². The molecular formula is C10H19NO2. The van der Waals surface area contributed by atoms with Crippen molar-refractivity contribution in [3.63, 3.8) is 0 Å². The van der Waals surface area contributed by atoms with Crippen molar-refractivity contribution >= 4 is 5.78 Å². The molecule has 0 bridgehead atoms. The number of likely N-dealkylation sites (N-methyl/N-ethyl adjacent to an activating group) is 1. The summed E-state index contributed by atoms with van der Waals surface area (Å²) >= 11 is 0. The first-order valence-corrected chi connectivity index (χ1v) is 4.78. The van der Waals surface area contributed by atoms with Crippen LogP contribution in [-0.2, 0) is 4.79 Å². The molecule has 13 heavy (non-hydrogen) atoms. The molecule has 76 valence electrons. The minimum absolute atomic E-state index is 0.0880. The van der Waals surface area contributed by atoms with Gasteiger partial charge in [0.1, 0.15) is 6.23 Å². The summed E-state index contributed by atoms with van der Waals surface area (Å²) in [5, 5.41) is 9.46. The summed E-state index contributed by atoms with van der Waals surface area (Å²) in [6.45, 7) is 5.77. The van der Waals surface area contributed by atoms with Crippen molar-refractivity contribution in [2.75, 3.05) is 7.05 Å². The molecule has 3 heteroatoms. The average molecular weight is 185 g/mol. The topological polar surface area (TPSA) is 40.5 Å². The van der Waals surface area contributed by atoms with Crippen LogP contribution in [0.2, 0.25) is 0 Å². The lowest BCUT2D eigenvalue weighted by Crippen LogP contribution is -2.42. The lowest BCUT2D eigenvalue weighted by molar-refractivity contribution is -0.132. The Hall–Kier alpha value is -0.410. The zero-order valence-electron chi connectivity index (χ0n) is 8.87. The Kier molecular flexibility index (Phi) is 2.78. The number of nitrogens with zero attached hydrogens (tertiary/aromatic N) is 1. The van der Waals surface area contributed by atoms with Gasteiger partial charge in [0.25, 0.3) is 0 Å². The van der Waals surface area contributed by atoms with Crippen LogP contribution < -0.4 is 0 Å². The highest BCUT2D eigenvalue weighted by Crippen LogP contribution is 2.27. The van der Waals surface area contributed by atoms with Crippen LogP contribution in [0.25, 0.3) is 0 Å². The van der Waals surface area contributed by atoms with E-state index in [0.29, 0.717) is 6.42 Å². The predicted molar refractivity (Wildman–Crippen MR) is 51.3 cm³/mol. The van der Waals surface area contributed by atoms with E-state index in [1.165, 1.54) is 0 Å². The van der Waals surface area contributed by atoms with Gasteiger partial charge in [0.15, 0.2) is 5.78 Å². The fraction of sp³-hybridized carbons (Fsp3) is 0.900. The number of rotatable bonds is 1.